The lowest BCUT2D eigenvalue weighted by atomic mass is 10.1. The van der Waals surface area contributed by atoms with E-state index in [0.29, 0.717) is 6.04 Å². The first-order valence-electron chi connectivity index (χ1n) is 4.73. The molecule has 3 heteroatoms. The van der Waals surface area contributed by atoms with E-state index in [1.807, 2.05) is 0 Å². The van der Waals surface area contributed by atoms with Gasteiger partial charge in [0.25, 0.3) is 0 Å². The molecule has 0 saturated heterocycles. The molecule has 3 nitrogen and oxygen atoms in total. The Morgan fingerprint density at radius 3 is 2.33 bits per heavy atom. The highest BCUT2D eigenvalue weighted by Crippen LogP contribution is 2.16. The van der Waals surface area contributed by atoms with Crippen LogP contribution < -0.4 is 5.32 Å². The smallest absolute Gasteiger partial charge is 0.245 e. The van der Waals surface area contributed by atoms with Gasteiger partial charge in [0, 0.05) is 6.04 Å². The number of carbonyl (C=O) groups is 1. The summed E-state index contributed by atoms with van der Waals surface area (Å²) in [5.74, 6) is -0.234. The van der Waals surface area contributed by atoms with Crippen LogP contribution in [0.3, 0.4) is 0 Å². The number of aliphatic hydroxyl groups is 1. The van der Waals surface area contributed by atoms with Crippen molar-refractivity contribution in [3.63, 3.8) is 0 Å². The zero-order valence-corrected chi connectivity index (χ0v) is 7.38. The van der Waals surface area contributed by atoms with E-state index >= 15 is 0 Å². The van der Waals surface area contributed by atoms with Crippen LogP contribution in [-0.4, -0.2) is 23.7 Å². The second-order valence-corrected chi connectivity index (χ2v) is 3.41. The van der Waals surface area contributed by atoms with Crippen molar-refractivity contribution in [2.45, 2.75) is 44.6 Å². The Morgan fingerprint density at radius 1 is 1.25 bits per heavy atom. The van der Waals surface area contributed by atoms with Crippen LogP contribution in [0.5, 0.6) is 0 Å². The molecular weight excluding hydrogens is 154 g/mol. The van der Waals surface area contributed by atoms with Crippen LogP contribution in [0.1, 0.15) is 38.5 Å². The molecule has 2 N–H and O–H groups in total. The summed E-state index contributed by atoms with van der Waals surface area (Å²) in [5.41, 5.74) is 0. The highest BCUT2D eigenvalue weighted by atomic mass is 16.3. The zero-order valence-electron chi connectivity index (χ0n) is 7.38. The number of hydrogen-bond acceptors (Lipinski definition) is 2. The highest BCUT2D eigenvalue weighted by molar-refractivity contribution is 5.77. The lowest BCUT2D eigenvalue weighted by molar-refractivity contribution is -0.124. The van der Waals surface area contributed by atoms with Gasteiger partial charge in [-0.25, -0.2) is 0 Å². The van der Waals surface area contributed by atoms with Crippen LogP contribution >= 0.6 is 0 Å². The quantitative estimate of drug-likeness (QED) is 0.604. The number of aliphatic hydroxyl groups excluding tert-OH is 1. The molecule has 1 aliphatic carbocycles. The summed E-state index contributed by atoms with van der Waals surface area (Å²) in [6.45, 7) is -0.378. The van der Waals surface area contributed by atoms with Gasteiger partial charge in [-0.2, -0.15) is 0 Å². The molecule has 1 saturated carbocycles. The normalized spacial score (nSPS) is 20.1. The predicted molar refractivity (Wildman–Crippen MR) is 46.7 cm³/mol. The van der Waals surface area contributed by atoms with E-state index in [2.05, 4.69) is 5.32 Å². The third-order valence-electron chi connectivity index (χ3n) is 2.36. The van der Waals surface area contributed by atoms with Gasteiger partial charge >= 0.3 is 0 Å². The number of rotatable bonds is 2. The van der Waals surface area contributed by atoms with Crippen LogP contribution in [0, 0.1) is 0 Å². The molecule has 0 aromatic rings. The average molecular weight is 171 g/mol. The maximum atomic E-state index is 10.8. The van der Waals surface area contributed by atoms with Crippen LogP contribution in [0.2, 0.25) is 0 Å². The molecule has 1 amide bonds. The Bertz CT molecular complexity index is 139. The highest BCUT2D eigenvalue weighted by Gasteiger charge is 2.13. The summed E-state index contributed by atoms with van der Waals surface area (Å²) in [6, 6.07) is 0.312. The van der Waals surface area contributed by atoms with Crippen LogP contribution in [0.25, 0.3) is 0 Å². The van der Waals surface area contributed by atoms with Crippen molar-refractivity contribution in [2.24, 2.45) is 0 Å². The molecule has 1 aliphatic rings. The van der Waals surface area contributed by atoms with Gasteiger partial charge in [-0.05, 0) is 12.8 Å². The van der Waals surface area contributed by atoms with Gasteiger partial charge in [-0.1, -0.05) is 25.7 Å². The molecule has 0 bridgehead atoms. The SMILES string of the molecule is O=C(CO)NC1CCCCCC1. The minimum Gasteiger partial charge on any atom is -0.387 e. The summed E-state index contributed by atoms with van der Waals surface area (Å²) in [7, 11) is 0. The Morgan fingerprint density at radius 2 is 1.83 bits per heavy atom. The molecule has 1 rings (SSSR count). The van der Waals surface area contributed by atoms with Gasteiger partial charge in [0.2, 0.25) is 5.91 Å². The second-order valence-electron chi connectivity index (χ2n) is 3.41. The van der Waals surface area contributed by atoms with Crippen molar-refractivity contribution in [3.8, 4) is 0 Å². The molecule has 0 heterocycles. The second kappa shape index (κ2) is 5.14. The number of amides is 1. The van der Waals surface area contributed by atoms with Gasteiger partial charge in [-0.3, -0.25) is 4.79 Å². The molecular formula is C9H17NO2. The fourth-order valence-electron chi connectivity index (χ4n) is 1.70. The lowest BCUT2D eigenvalue weighted by Gasteiger charge is -2.14. The third-order valence-corrected chi connectivity index (χ3v) is 2.36. The van der Waals surface area contributed by atoms with E-state index in [9.17, 15) is 4.79 Å². The van der Waals surface area contributed by atoms with Crippen molar-refractivity contribution in [2.75, 3.05) is 6.61 Å². The van der Waals surface area contributed by atoms with Gasteiger partial charge in [0.15, 0.2) is 0 Å². The Labute approximate surface area is 73.2 Å². The molecule has 12 heavy (non-hydrogen) atoms. The first-order valence-corrected chi connectivity index (χ1v) is 4.73. The van der Waals surface area contributed by atoms with Crippen LogP contribution in [-0.2, 0) is 4.79 Å². The fourth-order valence-corrected chi connectivity index (χ4v) is 1.70. The molecule has 0 unspecified atom stereocenters. The van der Waals surface area contributed by atoms with E-state index in [1.165, 1.54) is 25.7 Å². The minimum atomic E-state index is -0.378. The average Bonchev–Trinajstić information content (AvgIpc) is 2.33. The predicted octanol–water partition coefficient (Wildman–Crippen LogP) is 0.818. The first-order chi connectivity index (χ1) is 5.83. The molecule has 70 valence electrons. The van der Waals surface area contributed by atoms with E-state index in [0.717, 1.165) is 12.8 Å². The maximum absolute atomic E-state index is 10.8. The molecule has 0 radical (unpaired) electrons. The van der Waals surface area contributed by atoms with Gasteiger partial charge < -0.3 is 10.4 Å². The molecule has 0 atom stereocenters. The Kier molecular flexibility index (Phi) is 4.08. The van der Waals surface area contributed by atoms with Crippen molar-refractivity contribution >= 4 is 5.91 Å². The van der Waals surface area contributed by atoms with Crippen molar-refractivity contribution in [3.05, 3.63) is 0 Å². The van der Waals surface area contributed by atoms with Gasteiger partial charge in [-0.15, -0.1) is 0 Å². The van der Waals surface area contributed by atoms with E-state index < -0.39 is 0 Å². The van der Waals surface area contributed by atoms with E-state index in [-0.39, 0.29) is 12.5 Å². The van der Waals surface area contributed by atoms with E-state index in [1.54, 1.807) is 0 Å². The third kappa shape index (κ3) is 3.22. The van der Waals surface area contributed by atoms with Crippen LogP contribution in [0.15, 0.2) is 0 Å². The van der Waals surface area contributed by atoms with Gasteiger partial charge in [0.1, 0.15) is 6.61 Å². The summed E-state index contributed by atoms with van der Waals surface area (Å²) in [4.78, 5) is 10.8. The molecule has 0 spiro atoms. The maximum Gasteiger partial charge on any atom is 0.245 e. The van der Waals surface area contributed by atoms with E-state index in [4.69, 9.17) is 5.11 Å². The summed E-state index contributed by atoms with van der Waals surface area (Å²) < 4.78 is 0. The Balaban J connectivity index is 2.24. The number of carbonyl (C=O) groups excluding carboxylic acids is 1. The Hall–Kier alpha value is -0.570. The standard InChI is InChI=1S/C9H17NO2/c11-7-9(12)10-8-5-3-1-2-4-6-8/h8,11H,1-7H2,(H,10,12). The minimum absolute atomic E-state index is 0.234. The fraction of sp³-hybridized carbons (Fsp3) is 0.889. The van der Waals surface area contributed by atoms with Gasteiger partial charge in [0.05, 0.1) is 0 Å². The topological polar surface area (TPSA) is 49.3 Å². The number of hydrogen-bond donors (Lipinski definition) is 2. The first kappa shape index (κ1) is 9.52. The van der Waals surface area contributed by atoms with Crippen molar-refractivity contribution < 1.29 is 9.90 Å². The molecule has 0 aromatic carbocycles. The monoisotopic (exact) mass is 171 g/mol. The zero-order chi connectivity index (χ0) is 8.81. The van der Waals surface area contributed by atoms with Crippen molar-refractivity contribution in [1.82, 2.24) is 5.32 Å². The molecule has 0 aliphatic heterocycles. The lowest BCUT2D eigenvalue weighted by Crippen LogP contribution is -2.36. The summed E-state index contributed by atoms with van der Waals surface area (Å²) in [5, 5.41) is 11.3. The van der Waals surface area contributed by atoms with Crippen LogP contribution in [0.4, 0.5) is 0 Å². The molecule has 1 fully saturated rings. The van der Waals surface area contributed by atoms with Crippen molar-refractivity contribution in [1.29, 1.82) is 0 Å². The summed E-state index contributed by atoms with van der Waals surface area (Å²) in [6.07, 6.45) is 7.13. The number of nitrogens with one attached hydrogen (secondary N) is 1. The largest absolute Gasteiger partial charge is 0.387 e. The molecule has 0 aromatic heterocycles. The summed E-state index contributed by atoms with van der Waals surface area (Å²) >= 11 is 0.